The van der Waals surface area contributed by atoms with Gasteiger partial charge in [-0.1, -0.05) is 39.0 Å². The van der Waals surface area contributed by atoms with Crippen LogP contribution in [0.3, 0.4) is 0 Å². The van der Waals surface area contributed by atoms with Gasteiger partial charge in [-0.3, -0.25) is 19.2 Å². The number of nitrogens with one attached hydrogen (secondary N) is 2. The number of primary amides is 1. The molecule has 1 fully saturated rings. The molecule has 4 amide bonds. The maximum atomic E-state index is 13.4. The van der Waals surface area contributed by atoms with Gasteiger partial charge in [0.05, 0.1) is 11.5 Å². The number of nitrogens with zero attached hydrogens (tertiary/aromatic N) is 1. The summed E-state index contributed by atoms with van der Waals surface area (Å²) in [7, 11) is 0. The number of carboxylic acid groups (broad SMARTS) is 1. The molecule has 3 rings (SSSR count). The Labute approximate surface area is 209 Å². The van der Waals surface area contributed by atoms with Gasteiger partial charge in [-0.2, -0.15) is 0 Å². The zero-order chi connectivity index (χ0) is 27.2. The average Bonchev–Trinajstić information content (AvgIpc) is 3.26. The van der Waals surface area contributed by atoms with E-state index in [-0.39, 0.29) is 30.7 Å². The van der Waals surface area contributed by atoms with Crippen LogP contribution in [0, 0.1) is 5.41 Å². The van der Waals surface area contributed by atoms with Crippen molar-refractivity contribution in [3.8, 4) is 0 Å². The van der Waals surface area contributed by atoms with Crippen LogP contribution in [0.4, 0.5) is 5.69 Å². The van der Waals surface area contributed by atoms with E-state index in [0.29, 0.717) is 23.2 Å². The van der Waals surface area contributed by atoms with Crippen LogP contribution in [-0.4, -0.2) is 63.8 Å². The molecule has 0 saturated carbocycles. The van der Waals surface area contributed by atoms with Gasteiger partial charge in [0.2, 0.25) is 17.7 Å². The van der Waals surface area contributed by atoms with E-state index in [9.17, 15) is 24.0 Å². The second-order valence-electron chi connectivity index (χ2n) is 11.7. The highest BCUT2D eigenvalue weighted by Crippen LogP contribution is 2.48. The quantitative estimate of drug-likeness (QED) is 0.346. The maximum absolute atomic E-state index is 13.4. The van der Waals surface area contributed by atoms with Gasteiger partial charge in [-0.05, 0) is 49.7 Å². The maximum Gasteiger partial charge on any atom is 0.394 e. The van der Waals surface area contributed by atoms with Crippen LogP contribution in [0.25, 0.3) is 0 Å². The molecule has 11 nitrogen and oxygen atoms in total. The number of aliphatic carboxylic acids is 1. The number of benzene rings is 1. The summed E-state index contributed by atoms with van der Waals surface area (Å²) in [6.07, 6.45) is 0.645. The first kappa shape index (κ1) is 27.1. The molecule has 2 aliphatic heterocycles. The molecule has 0 aliphatic carbocycles. The molecule has 36 heavy (non-hydrogen) atoms. The third kappa shape index (κ3) is 5.20. The van der Waals surface area contributed by atoms with Crippen LogP contribution < -0.4 is 22.1 Å². The smallest absolute Gasteiger partial charge is 0.394 e. The van der Waals surface area contributed by atoms with Crippen molar-refractivity contribution in [2.24, 2.45) is 16.9 Å². The number of fused-ring (bicyclic) bond motifs is 2. The van der Waals surface area contributed by atoms with Gasteiger partial charge in [0.1, 0.15) is 6.04 Å². The Morgan fingerprint density at radius 2 is 1.86 bits per heavy atom. The van der Waals surface area contributed by atoms with Crippen LogP contribution in [0.5, 0.6) is 0 Å². The number of rotatable bonds is 6. The summed E-state index contributed by atoms with van der Waals surface area (Å²) in [5, 5.41) is 14.3. The monoisotopic (exact) mass is 501 g/mol. The highest BCUT2D eigenvalue weighted by molar-refractivity contribution is 6.31. The fourth-order valence-electron chi connectivity index (χ4n) is 5.24. The van der Waals surface area contributed by atoms with E-state index in [4.69, 9.17) is 16.6 Å². The normalized spacial score (nSPS) is 22.2. The molecule has 7 N–H and O–H groups in total. The van der Waals surface area contributed by atoms with Gasteiger partial charge in [0.15, 0.2) is 0 Å². The predicted octanol–water partition coefficient (Wildman–Crippen LogP) is 0.248. The largest absolute Gasteiger partial charge is 0.474 e. The van der Waals surface area contributed by atoms with E-state index in [2.05, 4.69) is 10.6 Å². The molecule has 11 heteroatoms. The minimum absolute atomic E-state index is 0.0255. The van der Waals surface area contributed by atoms with E-state index < -0.39 is 46.7 Å². The molecule has 0 aromatic heterocycles. The third-order valence-electron chi connectivity index (χ3n) is 6.74. The number of carbonyl (C=O) groups excluding carboxylic acids is 4. The molecule has 0 unspecified atom stereocenters. The number of amides is 4. The molecule has 3 atom stereocenters. The summed E-state index contributed by atoms with van der Waals surface area (Å²) in [6.45, 7) is 9.18. The minimum atomic E-state index is -1.59. The molecule has 0 bridgehead atoms. The topological polar surface area (TPSA) is 185 Å². The van der Waals surface area contributed by atoms with Crippen molar-refractivity contribution in [2.45, 2.75) is 76.9 Å². The SMILES string of the molecule is CC(C)(C)C[C@H](N)C(=O)N1C[C@]2(C[C@H]1C(N)=O)C(=O)Nc1c(CC(C)(C)NC(=O)C(=O)O)cccc12. The van der Waals surface area contributed by atoms with Gasteiger partial charge in [-0.25, -0.2) is 4.79 Å². The lowest BCUT2D eigenvalue weighted by atomic mass is 9.78. The molecule has 1 aromatic carbocycles. The number of carboxylic acids is 1. The first-order valence-electron chi connectivity index (χ1n) is 11.8. The second kappa shape index (κ2) is 9.20. The summed E-state index contributed by atoms with van der Waals surface area (Å²) >= 11 is 0. The Balaban J connectivity index is 1.95. The van der Waals surface area contributed by atoms with Crippen LogP contribution in [0.1, 0.15) is 58.6 Å². The number of nitrogens with two attached hydrogens (primary N) is 2. The Morgan fingerprint density at radius 1 is 1.22 bits per heavy atom. The Hall–Kier alpha value is -3.47. The number of para-hydroxylation sites is 1. The first-order chi connectivity index (χ1) is 16.5. The number of hydrogen-bond donors (Lipinski definition) is 5. The minimum Gasteiger partial charge on any atom is -0.474 e. The van der Waals surface area contributed by atoms with Gasteiger partial charge >= 0.3 is 11.9 Å². The second-order valence-corrected chi connectivity index (χ2v) is 11.7. The van der Waals surface area contributed by atoms with E-state index in [0.717, 1.165) is 0 Å². The lowest BCUT2D eigenvalue weighted by Gasteiger charge is -2.29. The summed E-state index contributed by atoms with van der Waals surface area (Å²) in [4.78, 5) is 63.1. The van der Waals surface area contributed by atoms with Crippen molar-refractivity contribution in [3.05, 3.63) is 29.3 Å². The van der Waals surface area contributed by atoms with Gasteiger partial charge in [0, 0.05) is 17.8 Å². The average molecular weight is 502 g/mol. The van der Waals surface area contributed by atoms with Crippen LogP contribution in [0.2, 0.25) is 0 Å². The number of carbonyl (C=O) groups is 5. The lowest BCUT2D eigenvalue weighted by molar-refractivity contribution is -0.151. The first-order valence-corrected chi connectivity index (χ1v) is 11.8. The molecular weight excluding hydrogens is 466 g/mol. The standard InChI is InChI=1S/C25H35N5O6/c1-23(2,3)10-15(26)20(33)30-12-25(11-16(30)18(27)31)14-8-6-7-13(17(14)28-22(25)36)9-24(4,5)29-19(32)21(34)35/h6-8,15-16H,9-12,26H2,1-5H3,(H2,27,31)(H,28,36)(H,29,32)(H,34,35)/t15-,16-,25-/m0/s1. The summed E-state index contributed by atoms with van der Waals surface area (Å²) in [5.74, 6) is -4.22. The number of likely N-dealkylation sites (tertiary alicyclic amines) is 1. The zero-order valence-electron chi connectivity index (χ0n) is 21.3. The highest BCUT2D eigenvalue weighted by atomic mass is 16.4. The van der Waals surface area contributed by atoms with Crippen molar-refractivity contribution in [3.63, 3.8) is 0 Å². The van der Waals surface area contributed by atoms with Crippen molar-refractivity contribution in [1.29, 1.82) is 0 Å². The van der Waals surface area contributed by atoms with Crippen LogP contribution in [-0.2, 0) is 35.8 Å². The number of anilines is 1. The number of hydrogen-bond acceptors (Lipinski definition) is 6. The third-order valence-corrected chi connectivity index (χ3v) is 6.74. The van der Waals surface area contributed by atoms with Gasteiger partial charge in [-0.15, -0.1) is 0 Å². The van der Waals surface area contributed by atoms with E-state index in [1.54, 1.807) is 32.0 Å². The summed E-state index contributed by atoms with van der Waals surface area (Å²) in [6, 6.07) is 3.45. The van der Waals surface area contributed by atoms with Crippen LogP contribution >= 0.6 is 0 Å². The predicted molar refractivity (Wildman–Crippen MR) is 132 cm³/mol. The fourth-order valence-corrected chi connectivity index (χ4v) is 5.24. The van der Waals surface area contributed by atoms with Crippen molar-refractivity contribution >= 4 is 35.3 Å². The summed E-state index contributed by atoms with van der Waals surface area (Å²) < 4.78 is 0. The highest BCUT2D eigenvalue weighted by Gasteiger charge is 2.58. The van der Waals surface area contributed by atoms with Gasteiger partial charge < -0.3 is 32.1 Å². The Kier molecular flexibility index (Phi) is 6.93. The Bertz CT molecular complexity index is 1120. The van der Waals surface area contributed by atoms with E-state index in [1.807, 2.05) is 20.8 Å². The molecule has 1 aromatic rings. The summed E-state index contributed by atoms with van der Waals surface area (Å²) in [5.41, 5.74) is 11.3. The molecule has 0 radical (unpaired) electrons. The molecule has 2 heterocycles. The molecule has 1 spiro atoms. The van der Waals surface area contributed by atoms with Crippen molar-refractivity contribution in [2.75, 3.05) is 11.9 Å². The molecular formula is C25H35N5O6. The van der Waals surface area contributed by atoms with Crippen LogP contribution in [0.15, 0.2) is 18.2 Å². The van der Waals surface area contributed by atoms with Gasteiger partial charge in [0.25, 0.3) is 0 Å². The van der Waals surface area contributed by atoms with Crippen molar-refractivity contribution in [1.82, 2.24) is 10.2 Å². The van der Waals surface area contributed by atoms with E-state index >= 15 is 0 Å². The molecule has 1 saturated heterocycles. The molecule has 2 aliphatic rings. The molecule has 196 valence electrons. The van der Waals surface area contributed by atoms with E-state index in [1.165, 1.54) is 4.90 Å². The fraction of sp³-hybridized carbons (Fsp3) is 0.560. The lowest BCUT2D eigenvalue weighted by Crippen LogP contribution is -2.51. The Morgan fingerprint density at radius 3 is 2.42 bits per heavy atom. The van der Waals surface area contributed by atoms with Crippen molar-refractivity contribution < 1.29 is 29.1 Å². The zero-order valence-corrected chi connectivity index (χ0v) is 21.3.